The number of hydrogen-bond acceptors (Lipinski definition) is 8. The van der Waals surface area contributed by atoms with E-state index in [1.54, 1.807) is 31.3 Å². The summed E-state index contributed by atoms with van der Waals surface area (Å²) in [5.74, 6) is 0.719. The number of nitrogens with one attached hydrogen (secondary N) is 1. The van der Waals surface area contributed by atoms with Crippen LogP contribution in [0.2, 0.25) is 0 Å². The Morgan fingerprint density at radius 3 is 2.67 bits per heavy atom. The van der Waals surface area contributed by atoms with Crippen LogP contribution in [0.4, 0.5) is 5.82 Å². The number of anilines is 1. The lowest BCUT2D eigenvalue weighted by molar-refractivity contribution is 0.456. The van der Waals surface area contributed by atoms with Crippen molar-refractivity contribution in [1.29, 1.82) is 0 Å². The van der Waals surface area contributed by atoms with Crippen LogP contribution in [-0.2, 0) is 17.1 Å². The van der Waals surface area contributed by atoms with Crippen LogP contribution in [-0.4, -0.2) is 46.1 Å². The van der Waals surface area contributed by atoms with Gasteiger partial charge in [-0.1, -0.05) is 6.07 Å². The van der Waals surface area contributed by atoms with Crippen LogP contribution in [0.5, 0.6) is 0 Å². The van der Waals surface area contributed by atoms with Crippen LogP contribution in [0.15, 0.2) is 40.0 Å². The van der Waals surface area contributed by atoms with Crippen molar-refractivity contribution in [3.05, 3.63) is 40.7 Å². The Hall–Kier alpha value is -2.37. The first-order valence-corrected chi connectivity index (χ1v) is 10.7. The molecule has 0 amide bonds. The monoisotopic (exact) mass is 406 g/mol. The highest BCUT2D eigenvalue weighted by atomic mass is 32.2. The quantitative estimate of drug-likeness (QED) is 0.680. The molecule has 9 nitrogen and oxygen atoms in total. The van der Waals surface area contributed by atoms with E-state index in [-0.39, 0.29) is 16.5 Å². The summed E-state index contributed by atoms with van der Waals surface area (Å²) in [6.07, 6.45) is 1.30. The maximum absolute atomic E-state index is 12.8. The van der Waals surface area contributed by atoms with Crippen molar-refractivity contribution in [2.24, 2.45) is 7.05 Å². The lowest BCUT2D eigenvalue weighted by Gasteiger charge is -2.32. The lowest BCUT2D eigenvalue weighted by Crippen LogP contribution is -2.45. The second kappa shape index (κ2) is 6.98. The summed E-state index contributed by atoms with van der Waals surface area (Å²) in [6.45, 7) is 1.31. The Morgan fingerprint density at radius 2 is 1.93 bits per heavy atom. The van der Waals surface area contributed by atoms with Gasteiger partial charge in [-0.15, -0.1) is 0 Å². The largest absolute Gasteiger partial charge is 0.355 e. The van der Waals surface area contributed by atoms with Gasteiger partial charge in [-0.05, 0) is 31.0 Å². The molecule has 0 saturated carbocycles. The van der Waals surface area contributed by atoms with Gasteiger partial charge in [0.05, 0.1) is 11.7 Å². The molecule has 11 heteroatoms. The number of fused-ring (bicyclic) bond motifs is 1. The molecule has 4 rings (SSSR count). The van der Waals surface area contributed by atoms with Gasteiger partial charge in [0.25, 0.3) is 5.56 Å². The van der Waals surface area contributed by atoms with Gasteiger partial charge in [-0.3, -0.25) is 4.79 Å². The second-order valence-corrected chi connectivity index (χ2v) is 8.63. The number of nitrogens with zero attached hydrogens (tertiary/aromatic N) is 5. The van der Waals surface area contributed by atoms with E-state index in [1.165, 1.54) is 10.7 Å². The Balaban J connectivity index is 1.46. The predicted octanol–water partition coefficient (Wildman–Crippen LogP) is 0.732. The molecule has 1 fully saturated rings. The molecule has 1 aliphatic rings. The minimum atomic E-state index is -3.68. The van der Waals surface area contributed by atoms with Crippen LogP contribution >= 0.6 is 11.7 Å². The average Bonchev–Trinajstić information content (AvgIpc) is 3.13. The Bertz CT molecular complexity index is 1130. The second-order valence-electron chi connectivity index (χ2n) is 6.42. The molecule has 0 radical (unpaired) electrons. The van der Waals surface area contributed by atoms with Crippen molar-refractivity contribution < 1.29 is 8.42 Å². The number of rotatable bonds is 4. The summed E-state index contributed by atoms with van der Waals surface area (Å²) in [5.41, 5.74) is 0.826. The van der Waals surface area contributed by atoms with Crippen molar-refractivity contribution in [2.75, 3.05) is 18.0 Å². The summed E-state index contributed by atoms with van der Waals surface area (Å²) < 4.78 is 37.9. The van der Waals surface area contributed by atoms with Gasteiger partial charge < -0.3 is 4.90 Å². The highest BCUT2D eigenvalue weighted by Gasteiger charge is 2.27. The molecule has 3 aromatic rings. The van der Waals surface area contributed by atoms with Crippen LogP contribution in [0.25, 0.3) is 11.0 Å². The zero-order valence-corrected chi connectivity index (χ0v) is 16.2. The van der Waals surface area contributed by atoms with E-state index in [0.29, 0.717) is 37.0 Å². The fraction of sp³-hybridized carbons (Fsp3) is 0.375. The van der Waals surface area contributed by atoms with Gasteiger partial charge in [0, 0.05) is 32.2 Å². The molecule has 0 spiro atoms. The van der Waals surface area contributed by atoms with Crippen LogP contribution in [0, 0.1) is 0 Å². The molecule has 27 heavy (non-hydrogen) atoms. The van der Waals surface area contributed by atoms with E-state index < -0.39 is 10.0 Å². The molecule has 1 saturated heterocycles. The molecular weight excluding hydrogens is 388 g/mol. The van der Waals surface area contributed by atoms with E-state index >= 15 is 0 Å². The van der Waals surface area contributed by atoms with E-state index in [9.17, 15) is 13.2 Å². The van der Waals surface area contributed by atoms with E-state index in [0.717, 1.165) is 17.5 Å². The highest BCUT2D eigenvalue weighted by molar-refractivity contribution is 7.89. The molecule has 1 aliphatic heterocycles. The summed E-state index contributed by atoms with van der Waals surface area (Å²) in [6, 6.07) is 7.99. The molecule has 0 atom stereocenters. The first-order valence-electron chi connectivity index (χ1n) is 8.47. The van der Waals surface area contributed by atoms with Gasteiger partial charge in [-0.2, -0.15) is 13.8 Å². The normalized spacial score (nSPS) is 16.1. The number of hydrogen-bond donors (Lipinski definition) is 1. The fourth-order valence-electron chi connectivity index (χ4n) is 3.17. The fourth-order valence-corrected chi connectivity index (χ4v) is 5.24. The third-order valence-electron chi connectivity index (χ3n) is 4.63. The lowest BCUT2D eigenvalue weighted by atomic mass is 10.1. The predicted molar refractivity (Wildman–Crippen MR) is 102 cm³/mol. The zero-order chi connectivity index (χ0) is 19.0. The maximum atomic E-state index is 12.8. The highest BCUT2D eigenvalue weighted by Crippen LogP contribution is 2.23. The van der Waals surface area contributed by atoms with Gasteiger partial charge in [0.1, 0.15) is 21.7 Å². The van der Waals surface area contributed by atoms with Crippen molar-refractivity contribution in [1.82, 2.24) is 23.2 Å². The molecule has 0 unspecified atom stereocenters. The molecule has 0 aliphatic carbocycles. The van der Waals surface area contributed by atoms with Gasteiger partial charge in [0.15, 0.2) is 0 Å². The van der Waals surface area contributed by atoms with Crippen molar-refractivity contribution in [3.63, 3.8) is 0 Å². The van der Waals surface area contributed by atoms with Crippen LogP contribution in [0.3, 0.4) is 0 Å². The smallest absolute Gasteiger partial charge is 0.266 e. The summed E-state index contributed by atoms with van der Waals surface area (Å²) in [4.78, 5) is 13.7. The van der Waals surface area contributed by atoms with E-state index in [2.05, 4.69) is 23.5 Å². The molecule has 142 valence electrons. The van der Waals surface area contributed by atoms with Crippen LogP contribution < -0.4 is 15.2 Å². The number of benzene rings is 1. The molecule has 0 bridgehead atoms. The van der Waals surface area contributed by atoms with Gasteiger partial charge in [0.2, 0.25) is 10.0 Å². The molecule has 3 heterocycles. The minimum Gasteiger partial charge on any atom is -0.355 e. The summed E-state index contributed by atoms with van der Waals surface area (Å²) >= 11 is 0.999. The third kappa shape index (κ3) is 3.57. The van der Waals surface area contributed by atoms with Crippen LogP contribution in [0.1, 0.15) is 12.8 Å². The average molecular weight is 406 g/mol. The standard InChI is InChI=1S/C16H18N6O3S2/c1-21-15(23)6-5-14(17-21)22-9-7-11(8-10-22)20-27(24,25)13-4-2-3-12-16(13)19-26-18-12/h2-6,11,20H,7-10H2,1H3. The number of sulfonamides is 1. The zero-order valence-electron chi connectivity index (χ0n) is 14.6. The molecular formula is C16H18N6O3S2. The topological polar surface area (TPSA) is 110 Å². The summed E-state index contributed by atoms with van der Waals surface area (Å²) in [5, 5.41) is 4.25. The van der Waals surface area contributed by atoms with Crippen molar-refractivity contribution >= 4 is 38.6 Å². The number of aromatic nitrogens is 4. The summed E-state index contributed by atoms with van der Waals surface area (Å²) in [7, 11) is -2.06. The number of piperidine rings is 1. The maximum Gasteiger partial charge on any atom is 0.266 e. The molecule has 1 N–H and O–H groups in total. The van der Waals surface area contributed by atoms with Gasteiger partial charge >= 0.3 is 0 Å². The first-order chi connectivity index (χ1) is 12.9. The molecule has 1 aromatic carbocycles. The SMILES string of the molecule is Cn1nc(N2CCC(NS(=O)(=O)c3cccc4nsnc34)CC2)ccc1=O. The van der Waals surface area contributed by atoms with Gasteiger partial charge in [-0.25, -0.2) is 17.8 Å². The van der Waals surface area contributed by atoms with Crippen molar-refractivity contribution in [3.8, 4) is 0 Å². The molecule has 2 aromatic heterocycles. The third-order valence-corrected chi connectivity index (χ3v) is 6.72. The van der Waals surface area contributed by atoms with E-state index in [1.807, 2.05) is 0 Å². The van der Waals surface area contributed by atoms with E-state index in [4.69, 9.17) is 0 Å². The Labute approximate surface area is 160 Å². The van der Waals surface area contributed by atoms with Crippen molar-refractivity contribution in [2.45, 2.75) is 23.8 Å². The number of aryl methyl sites for hydroxylation is 1. The Morgan fingerprint density at radius 1 is 1.15 bits per heavy atom. The Kier molecular flexibility index (Phi) is 4.66. The first kappa shape index (κ1) is 18.0. The minimum absolute atomic E-state index is 0.160.